The molecule has 1 aromatic rings. The first-order valence-corrected chi connectivity index (χ1v) is 8.02. The normalized spacial score (nSPS) is 20.5. The van der Waals surface area contributed by atoms with Crippen LogP contribution >= 0.6 is 0 Å². The maximum absolute atomic E-state index is 12.0. The Morgan fingerprint density at radius 1 is 1.33 bits per heavy atom. The van der Waals surface area contributed by atoms with Gasteiger partial charge >= 0.3 is 0 Å². The van der Waals surface area contributed by atoms with E-state index in [0.717, 1.165) is 5.75 Å². The summed E-state index contributed by atoms with van der Waals surface area (Å²) in [5.74, 6) is 0.388. The molecule has 0 unspecified atom stereocenters. The number of aliphatic hydroxyl groups excluding tert-OH is 1. The maximum Gasteiger partial charge on any atom is 0.248 e. The number of carbonyl (C=O) groups excluding carboxylic acids is 2. The fourth-order valence-electron chi connectivity index (χ4n) is 2.60. The Labute approximate surface area is 141 Å². The quantitative estimate of drug-likeness (QED) is 0.742. The van der Waals surface area contributed by atoms with Gasteiger partial charge in [-0.15, -0.1) is 0 Å². The highest BCUT2D eigenvalue weighted by Gasteiger charge is 2.30. The average Bonchev–Trinajstić information content (AvgIpc) is 2.58. The second-order valence-electron chi connectivity index (χ2n) is 5.71. The van der Waals surface area contributed by atoms with Gasteiger partial charge < -0.3 is 24.8 Å². The molecule has 2 rings (SSSR count). The van der Waals surface area contributed by atoms with Crippen LogP contribution in [0.2, 0.25) is 0 Å². The number of aliphatic hydroxyl groups is 1. The van der Waals surface area contributed by atoms with Crippen molar-refractivity contribution in [1.29, 1.82) is 0 Å². The molecular formula is C17H24N2O5. The Hall–Kier alpha value is -2.12. The number of rotatable bonds is 7. The highest BCUT2D eigenvalue weighted by Crippen LogP contribution is 2.12. The molecule has 0 spiro atoms. The Bertz CT molecular complexity index is 537. The highest BCUT2D eigenvalue weighted by molar-refractivity contribution is 5.78. The van der Waals surface area contributed by atoms with E-state index in [1.807, 2.05) is 30.3 Å². The molecule has 2 N–H and O–H groups in total. The average molecular weight is 336 g/mol. The lowest BCUT2D eigenvalue weighted by Crippen LogP contribution is -2.55. The molecule has 24 heavy (non-hydrogen) atoms. The van der Waals surface area contributed by atoms with Crippen LogP contribution in [0.1, 0.15) is 12.8 Å². The Morgan fingerprint density at radius 2 is 2.08 bits per heavy atom. The summed E-state index contributed by atoms with van der Waals surface area (Å²) >= 11 is 0. The van der Waals surface area contributed by atoms with Crippen molar-refractivity contribution < 1.29 is 24.2 Å². The molecule has 1 saturated heterocycles. The van der Waals surface area contributed by atoms with Gasteiger partial charge in [-0.25, -0.2) is 0 Å². The van der Waals surface area contributed by atoms with Crippen LogP contribution < -0.4 is 10.1 Å². The largest absolute Gasteiger partial charge is 0.493 e. The van der Waals surface area contributed by atoms with E-state index in [9.17, 15) is 14.7 Å². The molecule has 2 amide bonds. The van der Waals surface area contributed by atoms with Crippen LogP contribution in [0.5, 0.6) is 5.75 Å². The third kappa shape index (κ3) is 5.50. The molecule has 1 aromatic carbocycles. The van der Waals surface area contributed by atoms with E-state index in [2.05, 4.69) is 5.32 Å². The summed E-state index contributed by atoms with van der Waals surface area (Å²) in [6, 6.07) is 8.93. The van der Waals surface area contributed by atoms with Crippen molar-refractivity contribution >= 4 is 11.8 Å². The first kappa shape index (κ1) is 18.2. The van der Waals surface area contributed by atoms with Crippen molar-refractivity contribution in [2.45, 2.75) is 25.0 Å². The van der Waals surface area contributed by atoms with E-state index in [4.69, 9.17) is 9.47 Å². The van der Waals surface area contributed by atoms with Crippen molar-refractivity contribution in [1.82, 2.24) is 10.2 Å². The monoisotopic (exact) mass is 336 g/mol. The number of benzene rings is 1. The molecule has 0 aromatic heterocycles. The van der Waals surface area contributed by atoms with E-state index in [0.29, 0.717) is 13.0 Å². The minimum absolute atomic E-state index is 0.000566. The predicted octanol–water partition coefficient (Wildman–Crippen LogP) is 0.180. The summed E-state index contributed by atoms with van der Waals surface area (Å²) < 4.78 is 10.3. The molecule has 0 radical (unpaired) electrons. The smallest absolute Gasteiger partial charge is 0.248 e. The number of nitrogens with one attached hydrogen (secondary N) is 1. The van der Waals surface area contributed by atoms with Crippen LogP contribution in [-0.4, -0.2) is 67.4 Å². The van der Waals surface area contributed by atoms with Gasteiger partial charge in [0, 0.05) is 20.2 Å². The van der Waals surface area contributed by atoms with Crippen molar-refractivity contribution in [3.05, 3.63) is 30.3 Å². The van der Waals surface area contributed by atoms with E-state index in [1.165, 1.54) is 7.11 Å². The number of ether oxygens (including phenoxy) is 2. The van der Waals surface area contributed by atoms with Gasteiger partial charge in [0.15, 0.2) is 0 Å². The van der Waals surface area contributed by atoms with Crippen LogP contribution in [-0.2, 0) is 14.3 Å². The summed E-state index contributed by atoms with van der Waals surface area (Å²) in [7, 11) is 1.46. The third-order valence-electron chi connectivity index (χ3n) is 3.89. The topological polar surface area (TPSA) is 88.1 Å². The van der Waals surface area contributed by atoms with Gasteiger partial charge in [-0.3, -0.25) is 9.59 Å². The van der Waals surface area contributed by atoms with E-state index < -0.39 is 6.10 Å². The van der Waals surface area contributed by atoms with Crippen LogP contribution in [0, 0.1) is 0 Å². The molecule has 1 heterocycles. The van der Waals surface area contributed by atoms with Crippen LogP contribution in [0.4, 0.5) is 0 Å². The fourth-order valence-corrected chi connectivity index (χ4v) is 2.60. The number of amides is 2. The summed E-state index contributed by atoms with van der Waals surface area (Å²) in [5.41, 5.74) is 0. The lowest BCUT2D eigenvalue weighted by Gasteiger charge is -2.36. The van der Waals surface area contributed by atoms with Gasteiger partial charge in [0.1, 0.15) is 12.4 Å². The van der Waals surface area contributed by atoms with Gasteiger partial charge in [-0.2, -0.15) is 0 Å². The Kier molecular flexibility index (Phi) is 7.02. The molecule has 0 aliphatic carbocycles. The van der Waals surface area contributed by atoms with Crippen molar-refractivity contribution in [2.75, 3.05) is 33.4 Å². The van der Waals surface area contributed by atoms with Gasteiger partial charge in [0.05, 0.1) is 25.2 Å². The SMILES string of the molecule is COCC(=O)N1CC[C@@H](NC(=O)CCOc2ccccc2)[C@H](O)C1. The molecule has 1 fully saturated rings. The number of hydrogen-bond donors (Lipinski definition) is 2. The van der Waals surface area contributed by atoms with Crippen LogP contribution in [0.25, 0.3) is 0 Å². The second-order valence-corrected chi connectivity index (χ2v) is 5.71. The standard InChI is InChI=1S/C17H24N2O5/c1-23-12-17(22)19-9-7-14(15(20)11-19)18-16(21)8-10-24-13-5-3-2-4-6-13/h2-6,14-15,20H,7-12H2,1H3,(H,18,21)/t14-,15-/m1/s1. The van der Waals surface area contributed by atoms with Crippen molar-refractivity contribution in [3.63, 3.8) is 0 Å². The van der Waals surface area contributed by atoms with Gasteiger partial charge in [0.25, 0.3) is 0 Å². The molecule has 0 bridgehead atoms. The number of methoxy groups -OCH3 is 1. The molecular weight excluding hydrogens is 312 g/mol. The van der Waals surface area contributed by atoms with E-state index in [-0.39, 0.29) is 44.0 Å². The van der Waals surface area contributed by atoms with Gasteiger partial charge in [-0.1, -0.05) is 18.2 Å². The molecule has 2 atom stereocenters. The lowest BCUT2D eigenvalue weighted by atomic mass is 10.0. The number of carbonyl (C=O) groups is 2. The van der Waals surface area contributed by atoms with E-state index in [1.54, 1.807) is 4.90 Å². The first-order chi connectivity index (χ1) is 11.6. The minimum Gasteiger partial charge on any atom is -0.493 e. The Balaban J connectivity index is 1.69. The maximum atomic E-state index is 12.0. The number of nitrogens with zero attached hydrogens (tertiary/aromatic N) is 1. The summed E-state index contributed by atoms with van der Waals surface area (Å²) in [6.45, 7) is 0.968. The predicted molar refractivity (Wildman–Crippen MR) is 87.6 cm³/mol. The van der Waals surface area contributed by atoms with E-state index >= 15 is 0 Å². The Morgan fingerprint density at radius 3 is 2.75 bits per heavy atom. The van der Waals surface area contributed by atoms with Gasteiger partial charge in [-0.05, 0) is 18.6 Å². The molecule has 0 saturated carbocycles. The zero-order valence-electron chi connectivity index (χ0n) is 13.8. The van der Waals surface area contributed by atoms with Crippen molar-refractivity contribution in [3.8, 4) is 5.75 Å². The fraction of sp³-hybridized carbons (Fsp3) is 0.529. The lowest BCUT2D eigenvalue weighted by molar-refractivity contribution is -0.139. The summed E-state index contributed by atoms with van der Waals surface area (Å²) in [4.78, 5) is 25.2. The third-order valence-corrected chi connectivity index (χ3v) is 3.89. The number of para-hydroxylation sites is 1. The number of likely N-dealkylation sites (tertiary alicyclic amines) is 1. The molecule has 132 valence electrons. The zero-order valence-corrected chi connectivity index (χ0v) is 13.8. The second kappa shape index (κ2) is 9.24. The molecule has 7 heteroatoms. The van der Waals surface area contributed by atoms with Crippen LogP contribution in [0.3, 0.4) is 0 Å². The number of piperidine rings is 1. The molecule has 1 aliphatic heterocycles. The number of hydrogen-bond acceptors (Lipinski definition) is 5. The highest BCUT2D eigenvalue weighted by atomic mass is 16.5. The first-order valence-electron chi connectivity index (χ1n) is 8.02. The summed E-state index contributed by atoms with van der Waals surface area (Å²) in [6.07, 6.45) is -0.0506. The molecule has 7 nitrogen and oxygen atoms in total. The zero-order chi connectivity index (χ0) is 17.4. The van der Waals surface area contributed by atoms with Crippen molar-refractivity contribution in [2.24, 2.45) is 0 Å². The summed E-state index contributed by atoms with van der Waals surface area (Å²) in [5, 5.41) is 12.9. The minimum atomic E-state index is -0.779. The molecule has 1 aliphatic rings. The van der Waals surface area contributed by atoms with Crippen LogP contribution in [0.15, 0.2) is 30.3 Å². The number of β-amino-alcohol motifs (C(OH)–C–C–N with tert-alkyl or cyclic N) is 1. The van der Waals surface area contributed by atoms with Gasteiger partial charge in [0.2, 0.25) is 11.8 Å².